The van der Waals surface area contributed by atoms with E-state index in [-0.39, 0.29) is 11.8 Å². The number of carbonyl (C=O) groups is 2. The molecule has 126 valence electrons. The summed E-state index contributed by atoms with van der Waals surface area (Å²) in [6.07, 6.45) is 2.48. The van der Waals surface area contributed by atoms with Crippen molar-refractivity contribution in [3.05, 3.63) is 40.4 Å². The van der Waals surface area contributed by atoms with Gasteiger partial charge in [-0.15, -0.1) is 11.3 Å². The fourth-order valence-electron chi connectivity index (χ4n) is 2.63. The summed E-state index contributed by atoms with van der Waals surface area (Å²) in [7, 11) is 0. The second-order valence-corrected chi connectivity index (χ2v) is 6.94. The Morgan fingerprint density at radius 3 is 2.83 bits per heavy atom. The van der Waals surface area contributed by atoms with E-state index in [4.69, 9.17) is 11.6 Å². The number of thiazole rings is 1. The molecule has 5 nitrogen and oxygen atoms in total. The number of hydrogen-bond acceptors (Lipinski definition) is 4. The van der Waals surface area contributed by atoms with Crippen molar-refractivity contribution in [2.24, 2.45) is 0 Å². The Labute approximate surface area is 149 Å². The number of carbonyl (C=O) groups excluding carboxylic acids is 2. The molecule has 1 aromatic carbocycles. The first kappa shape index (κ1) is 16.9. The SMILES string of the molecule is O=C(NCCC(=O)N1CCCC1)c1csc(-c2cccc(Cl)c2)n1. The van der Waals surface area contributed by atoms with E-state index >= 15 is 0 Å². The molecule has 1 aromatic heterocycles. The standard InChI is InChI=1S/C17H18ClN3O2S/c18-13-5-3-4-12(10-13)17-20-14(11-24-17)16(23)19-7-6-15(22)21-8-1-2-9-21/h3-5,10-11H,1-2,6-9H2,(H,19,23). The lowest BCUT2D eigenvalue weighted by Gasteiger charge is -2.14. The predicted molar refractivity (Wildman–Crippen MR) is 95.3 cm³/mol. The molecule has 3 rings (SSSR count). The van der Waals surface area contributed by atoms with E-state index in [0.29, 0.717) is 23.7 Å². The quantitative estimate of drug-likeness (QED) is 0.887. The van der Waals surface area contributed by atoms with Gasteiger partial charge in [-0.25, -0.2) is 4.98 Å². The van der Waals surface area contributed by atoms with Crippen LogP contribution >= 0.6 is 22.9 Å². The average Bonchev–Trinajstić information content (AvgIpc) is 3.26. The van der Waals surface area contributed by atoms with E-state index in [0.717, 1.165) is 36.5 Å². The molecule has 0 radical (unpaired) electrons. The molecule has 0 unspecified atom stereocenters. The van der Waals surface area contributed by atoms with Crippen LogP contribution in [0.2, 0.25) is 5.02 Å². The van der Waals surface area contributed by atoms with Crippen LogP contribution in [0.15, 0.2) is 29.6 Å². The molecule has 0 atom stereocenters. The lowest BCUT2D eigenvalue weighted by Crippen LogP contribution is -2.32. The topological polar surface area (TPSA) is 62.3 Å². The summed E-state index contributed by atoms with van der Waals surface area (Å²) in [6, 6.07) is 7.37. The summed E-state index contributed by atoms with van der Waals surface area (Å²) in [5.74, 6) is -0.153. The lowest BCUT2D eigenvalue weighted by atomic mass is 10.2. The number of benzene rings is 1. The van der Waals surface area contributed by atoms with Crippen molar-refractivity contribution in [3.63, 3.8) is 0 Å². The van der Waals surface area contributed by atoms with Crippen LogP contribution in [0.5, 0.6) is 0 Å². The Bertz CT molecular complexity index is 741. The largest absolute Gasteiger partial charge is 0.350 e. The van der Waals surface area contributed by atoms with Gasteiger partial charge in [0.1, 0.15) is 10.7 Å². The first-order valence-electron chi connectivity index (χ1n) is 7.91. The summed E-state index contributed by atoms with van der Waals surface area (Å²) < 4.78 is 0. The molecule has 2 amide bonds. The average molecular weight is 364 g/mol. The van der Waals surface area contributed by atoms with Gasteiger partial charge in [0.05, 0.1) is 0 Å². The van der Waals surface area contributed by atoms with E-state index in [2.05, 4.69) is 10.3 Å². The third-order valence-electron chi connectivity index (χ3n) is 3.89. The maximum absolute atomic E-state index is 12.1. The van der Waals surface area contributed by atoms with Gasteiger partial charge in [0.15, 0.2) is 0 Å². The summed E-state index contributed by atoms with van der Waals surface area (Å²) in [5, 5.41) is 5.86. The van der Waals surface area contributed by atoms with Gasteiger partial charge < -0.3 is 10.2 Å². The zero-order valence-corrected chi connectivity index (χ0v) is 14.7. The third kappa shape index (κ3) is 4.13. The van der Waals surface area contributed by atoms with Gasteiger partial charge in [-0.05, 0) is 25.0 Å². The molecule has 0 aliphatic carbocycles. The number of halogens is 1. The van der Waals surface area contributed by atoms with Gasteiger partial charge in [0, 0.05) is 42.0 Å². The second kappa shape index (κ2) is 7.77. The maximum atomic E-state index is 12.1. The van der Waals surface area contributed by atoms with E-state index in [1.165, 1.54) is 11.3 Å². The van der Waals surface area contributed by atoms with Gasteiger partial charge >= 0.3 is 0 Å². The molecular weight excluding hydrogens is 346 g/mol. The highest BCUT2D eigenvalue weighted by atomic mass is 35.5. The van der Waals surface area contributed by atoms with Crippen LogP contribution in [-0.2, 0) is 4.79 Å². The molecule has 1 aliphatic heterocycles. The van der Waals surface area contributed by atoms with Crippen molar-refractivity contribution in [2.45, 2.75) is 19.3 Å². The van der Waals surface area contributed by atoms with Crippen LogP contribution in [0.1, 0.15) is 29.8 Å². The second-order valence-electron chi connectivity index (χ2n) is 5.64. The Balaban J connectivity index is 1.53. The fraction of sp³-hybridized carbons (Fsp3) is 0.353. The maximum Gasteiger partial charge on any atom is 0.270 e. The highest BCUT2D eigenvalue weighted by Gasteiger charge is 2.18. The fourth-order valence-corrected chi connectivity index (χ4v) is 3.62. The van der Waals surface area contributed by atoms with E-state index < -0.39 is 0 Å². The Kier molecular flexibility index (Phi) is 5.48. The smallest absolute Gasteiger partial charge is 0.270 e. The lowest BCUT2D eigenvalue weighted by molar-refractivity contribution is -0.129. The van der Waals surface area contributed by atoms with Gasteiger partial charge in [-0.1, -0.05) is 23.7 Å². The monoisotopic (exact) mass is 363 g/mol. The molecule has 0 saturated carbocycles. The summed E-state index contributed by atoms with van der Waals surface area (Å²) in [6.45, 7) is 2.00. The number of hydrogen-bond donors (Lipinski definition) is 1. The minimum Gasteiger partial charge on any atom is -0.350 e. The Hall–Kier alpha value is -1.92. The van der Waals surface area contributed by atoms with Crippen LogP contribution in [-0.4, -0.2) is 41.3 Å². The number of aromatic nitrogens is 1. The number of amides is 2. The Morgan fingerprint density at radius 2 is 2.08 bits per heavy atom. The normalized spacial score (nSPS) is 14.0. The van der Waals surface area contributed by atoms with Crippen LogP contribution < -0.4 is 5.32 Å². The number of likely N-dealkylation sites (tertiary alicyclic amines) is 1. The minimum absolute atomic E-state index is 0.102. The van der Waals surface area contributed by atoms with Crippen LogP contribution in [0.3, 0.4) is 0 Å². The van der Waals surface area contributed by atoms with Crippen LogP contribution in [0.4, 0.5) is 0 Å². The number of rotatable bonds is 5. The highest BCUT2D eigenvalue weighted by Crippen LogP contribution is 2.25. The minimum atomic E-state index is -0.256. The number of nitrogens with zero attached hydrogens (tertiary/aromatic N) is 2. The molecule has 1 aliphatic rings. The van der Waals surface area contributed by atoms with Crippen molar-refractivity contribution >= 4 is 34.8 Å². The van der Waals surface area contributed by atoms with Crippen molar-refractivity contribution in [2.75, 3.05) is 19.6 Å². The Morgan fingerprint density at radius 1 is 1.29 bits per heavy atom. The van der Waals surface area contributed by atoms with Crippen molar-refractivity contribution in [1.29, 1.82) is 0 Å². The van der Waals surface area contributed by atoms with Gasteiger partial charge in [-0.3, -0.25) is 9.59 Å². The first-order valence-corrected chi connectivity index (χ1v) is 9.17. The van der Waals surface area contributed by atoms with Crippen molar-refractivity contribution in [3.8, 4) is 10.6 Å². The van der Waals surface area contributed by atoms with Crippen molar-refractivity contribution < 1.29 is 9.59 Å². The molecule has 24 heavy (non-hydrogen) atoms. The highest BCUT2D eigenvalue weighted by molar-refractivity contribution is 7.13. The molecule has 0 bridgehead atoms. The van der Waals surface area contributed by atoms with E-state index in [9.17, 15) is 9.59 Å². The first-order chi connectivity index (χ1) is 11.6. The van der Waals surface area contributed by atoms with Gasteiger partial charge in [0.2, 0.25) is 5.91 Å². The summed E-state index contributed by atoms with van der Waals surface area (Å²) in [5.41, 5.74) is 1.25. The molecule has 2 heterocycles. The van der Waals surface area contributed by atoms with Gasteiger partial charge in [0.25, 0.3) is 5.91 Å². The summed E-state index contributed by atoms with van der Waals surface area (Å²) in [4.78, 5) is 30.3. The van der Waals surface area contributed by atoms with E-state index in [1.807, 2.05) is 23.1 Å². The number of nitrogens with one attached hydrogen (secondary N) is 1. The van der Waals surface area contributed by atoms with Crippen molar-refractivity contribution in [1.82, 2.24) is 15.2 Å². The zero-order chi connectivity index (χ0) is 16.9. The zero-order valence-electron chi connectivity index (χ0n) is 13.1. The van der Waals surface area contributed by atoms with Crippen LogP contribution in [0, 0.1) is 0 Å². The summed E-state index contributed by atoms with van der Waals surface area (Å²) >= 11 is 7.37. The molecular formula is C17H18ClN3O2S. The van der Waals surface area contributed by atoms with Crippen LogP contribution in [0.25, 0.3) is 10.6 Å². The molecule has 0 spiro atoms. The third-order valence-corrected chi connectivity index (χ3v) is 5.02. The molecule has 1 saturated heterocycles. The molecule has 1 N–H and O–H groups in total. The molecule has 2 aromatic rings. The van der Waals surface area contributed by atoms with E-state index in [1.54, 1.807) is 11.4 Å². The molecule has 7 heteroatoms. The van der Waals surface area contributed by atoms with Gasteiger partial charge in [-0.2, -0.15) is 0 Å². The predicted octanol–water partition coefficient (Wildman–Crippen LogP) is 3.21. The molecule has 1 fully saturated rings.